The standard InChI is InChI=1S/C16H13F5N2O4S/c1-23(2-3-24)28(26,27)14-6-9(10(17)7-11(14)18)16(25)22-8-4-12(19)15(21)13(20)5-8/h4-7,24H,2-3H2,1H3,(H,22,25). The molecule has 12 heteroatoms. The van der Waals surface area contributed by atoms with Crippen LogP contribution in [-0.4, -0.2) is 43.9 Å². The van der Waals surface area contributed by atoms with Gasteiger partial charge in [0, 0.05) is 37.5 Å². The Hall–Kier alpha value is -2.57. The highest BCUT2D eigenvalue weighted by atomic mass is 32.2. The third-order valence-corrected chi connectivity index (χ3v) is 5.48. The zero-order chi connectivity index (χ0) is 21.2. The Balaban J connectivity index is 2.45. The first kappa shape index (κ1) is 21.7. The van der Waals surface area contributed by atoms with Gasteiger partial charge in [-0.15, -0.1) is 0 Å². The van der Waals surface area contributed by atoms with Crippen molar-refractivity contribution in [3.05, 3.63) is 58.9 Å². The van der Waals surface area contributed by atoms with Crippen LogP contribution in [0.5, 0.6) is 0 Å². The Morgan fingerprint density at radius 3 is 2.11 bits per heavy atom. The molecule has 0 saturated heterocycles. The van der Waals surface area contributed by atoms with E-state index in [0.717, 1.165) is 7.05 Å². The number of sulfonamides is 1. The minimum Gasteiger partial charge on any atom is -0.395 e. The van der Waals surface area contributed by atoms with Gasteiger partial charge in [-0.1, -0.05) is 0 Å². The molecule has 0 unspecified atom stereocenters. The third kappa shape index (κ3) is 4.29. The molecule has 0 aliphatic rings. The van der Waals surface area contributed by atoms with Gasteiger partial charge in [0.1, 0.15) is 16.5 Å². The number of anilines is 1. The van der Waals surface area contributed by atoms with Gasteiger partial charge in [-0.25, -0.2) is 30.4 Å². The van der Waals surface area contributed by atoms with Crippen LogP contribution in [0.2, 0.25) is 0 Å². The fourth-order valence-corrected chi connectivity index (χ4v) is 3.39. The molecule has 0 aromatic heterocycles. The van der Waals surface area contributed by atoms with E-state index in [9.17, 15) is 35.2 Å². The lowest BCUT2D eigenvalue weighted by Gasteiger charge is -2.17. The normalized spacial score (nSPS) is 11.7. The topological polar surface area (TPSA) is 86.7 Å². The van der Waals surface area contributed by atoms with Crippen molar-refractivity contribution in [1.29, 1.82) is 0 Å². The Morgan fingerprint density at radius 1 is 1.00 bits per heavy atom. The summed E-state index contributed by atoms with van der Waals surface area (Å²) < 4.78 is 92.5. The van der Waals surface area contributed by atoms with E-state index < -0.39 is 74.3 Å². The number of aliphatic hydroxyl groups is 1. The molecule has 6 nitrogen and oxygen atoms in total. The van der Waals surface area contributed by atoms with E-state index in [4.69, 9.17) is 5.11 Å². The molecular formula is C16H13F5N2O4S. The van der Waals surface area contributed by atoms with Crippen LogP contribution in [0.1, 0.15) is 10.4 Å². The van der Waals surface area contributed by atoms with Crippen LogP contribution in [0.3, 0.4) is 0 Å². The average Bonchev–Trinajstić information content (AvgIpc) is 2.59. The molecule has 0 aliphatic heterocycles. The minimum absolute atomic E-state index is 0.153. The lowest BCUT2D eigenvalue weighted by Crippen LogP contribution is -2.30. The number of halogens is 5. The second kappa shape index (κ2) is 8.20. The molecule has 2 aromatic rings. The number of hydrogen-bond donors (Lipinski definition) is 2. The first-order chi connectivity index (χ1) is 13.0. The molecule has 2 rings (SSSR count). The van der Waals surface area contributed by atoms with Crippen LogP contribution in [0.4, 0.5) is 27.6 Å². The second-order valence-corrected chi connectivity index (χ2v) is 7.53. The van der Waals surface area contributed by atoms with Gasteiger partial charge in [0.15, 0.2) is 17.5 Å². The smallest absolute Gasteiger partial charge is 0.258 e. The fraction of sp³-hybridized carbons (Fsp3) is 0.188. The monoisotopic (exact) mass is 424 g/mol. The minimum atomic E-state index is -4.51. The summed E-state index contributed by atoms with van der Waals surface area (Å²) in [5, 5.41) is 10.7. The summed E-state index contributed by atoms with van der Waals surface area (Å²) in [5.41, 5.74) is -1.52. The Morgan fingerprint density at radius 2 is 1.57 bits per heavy atom. The van der Waals surface area contributed by atoms with E-state index in [0.29, 0.717) is 22.5 Å². The van der Waals surface area contributed by atoms with E-state index in [-0.39, 0.29) is 6.07 Å². The highest BCUT2D eigenvalue weighted by molar-refractivity contribution is 7.89. The van der Waals surface area contributed by atoms with E-state index in [2.05, 4.69) is 0 Å². The molecule has 0 bridgehead atoms. The third-order valence-electron chi connectivity index (χ3n) is 3.61. The van der Waals surface area contributed by atoms with Crippen LogP contribution in [-0.2, 0) is 10.0 Å². The molecule has 152 valence electrons. The van der Waals surface area contributed by atoms with Crippen LogP contribution in [0.25, 0.3) is 0 Å². The van der Waals surface area contributed by atoms with Crippen LogP contribution in [0.15, 0.2) is 29.2 Å². The zero-order valence-corrected chi connectivity index (χ0v) is 15.0. The van der Waals surface area contributed by atoms with Crippen molar-refractivity contribution >= 4 is 21.6 Å². The molecular weight excluding hydrogens is 411 g/mol. The van der Waals surface area contributed by atoms with Crippen LogP contribution >= 0.6 is 0 Å². The van der Waals surface area contributed by atoms with Crippen LogP contribution in [0, 0.1) is 29.1 Å². The molecule has 2 N–H and O–H groups in total. The number of likely N-dealkylation sites (N-methyl/N-ethyl adjacent to an activating group) is 1. The molecule has 0 heterocycles. The van der Waals surface area contributed by atoms with Gasteiger partial charge >= 0.3 is 0 Å². The fourth-order valence-electron chi connectivity index (χ4n) is 2.16. The number of carbonyl (C=O) groups excluding carboxylic acids is 1. The SMILES string of the molecule is CN(CCO)S(=O)(=O)c1cc(C(=O)Nc2cc(F)c(F)c(F)c2)c(F)cc1F. The highest BCUT2D eigenvalue weighted by Gasteiger charge is 2.28. The number of nitrogens with zero attached hydrogens (tertiary/aromatic N) is 1. The van der Waals surface area contributed by atoms with Crippen LogP contribution < -0.4 is 5.32 Å². The predicted octanol–water partition coefficient (Wildman–Crippen LogP) is 2.25. The van der Waals surface area contributed by atoms with E-state index in [1.165, 1.54) is 0 Å². The van der Waals surface area contributed by atoms with Crippen molar-refractivity contribution in [1.82, 2.24) is 4.31 Å². The van der Waals surface area contributed by atoms with E-state index in [1.54, 1.807) is 0 Å². The van der Waals surface area contributed by atoms with Gasteiger partial charge < -0.3 is 10.4 Å². The lowest BCUT2D eigenvalue weighted by atomic mass is 10.2. The molecule has 0 atom stereocenters. The number of carbonyl (C=O) groups is 1. The summed E-state index contributed by atoms with van der Waals surface area (Å²) in [6.45, 7) is -0.970. The maximum Gasteiger partial charge on any atom is 0.258 e. The zero-order valence-electron chi connectivity index (χ0n) is 14.1. The van der Waals surface area contributed by atoms with Crippen molar-refractivity contribution in [3.8, 4) is 0 Å². The predicted molar refractivity (Wildman–Crippen MR) is 87.5 cm³/mol. The van der Waals surface area contributed by atoms with Crippen molar-refractivity contribution in [2.24, 2.45) is 0 Å². The summed E-state index contributed by atoms with van der Waals surface area (Å²) in [7, 11) is -3.49. The van der Waals surface area contributed by atoms with Gasteiger partial charge in [0.2, 0.25) is 10.0 Å². The molecule has 1 amide bonds. The molecule has 0 fully saturated rings. The number of benzene rings is 2. The van der Waals surface area contributed by atoms with E-state index >= 15 is 0 Å². The summed E-state index contributed by atoms with van der Waals surface area (Å²) >= 11 is 0. The number of aliphatic hydroxyl groups excluding tert-OH is 1. The number of hydrogen-bond acceptors (Lipinski definition) is 4. The van der Waals surface area contributed by atoms with Gasteiger partial charge in [-0.3, -0.25) is 4.79 Å². The number of amides is 1. The lowest BCUT2D eigenvalue weighted by molar-refractivity contribution is 0.102. The summed E-state index contributed by atoms with van der Waals surface area (Å²) in [4.78, 5) is 11.1. The van der Waals surface area contributed by atoms with Crippen molar-refractivity contribution < 1.29 is 40.3 Å². The van der Waals surface area contributed by atoms with E-state index in [1.807, 2.05) is 5.32 Å². The molecule has 0 radical (unpaired) electrons. The van der Waals surface area contributed by atoms with Gasteiger partial charge in [-0.05, 0) is 6.07 Å². The first-order valence-electron chi connectivity index (χ1n) is 7.51. The molecule has 0 aliphatic carbocycles. The number of rotatable bonds is 6. The summed E-state index contributed by atoms with van der Waals surface area (Å²) in [5.74, 6) is -9.32. The van der Waals surface area contributed by atoms with Gasteiger partial charge in [0.05, 0.1) is 12.2 Å². The largest absolute Gasteiger partial charge is 0.395 e. The quantitative estimate of drug-likeness (QED) is 0.550. The summed E-state index contributed by atoms with van der Waals surface area (Å²) in [6.07, 6.45) is 0. The van der Waals surface area contributed by atoms with Crippen molar-refractivity contribution in [2.45, 2.75) is 4.90 Å². The number of nitrogens with one attached hydrogen (secondary N) is 1. The second-order valence-electron chi connectivity index (χ2n) is 5.52. The Labute approximate surface area is 156 Å². The summed E-state index contributed by atoms with van der Waals surface area (Å²) in [6, 6.07) is 1.40. The van der Waals surface area contributed by atoms with Gasteiger partial charge in [-0.2, -0.15) is 4.31 Å². The maximum absolute atomic E-state index is 14.0. The first-order valence-corrected chi connectivity index (χ1v) is 8.95. The molecule has 0 saturated carbocycles. The Kier molecular flexibility index (Phi) is 6.37. The highest BCUT2D eigenvalue weighted by Crippen LogP contribution is 2.24. The maximum atomic E-state index is 14.0. The molecule has 0 spiro atoms. The molecule has 2 aromatic carbocycles. The molecule has 28 heavy (non-hydrogen) atoms. The Bertz CT molecular complexity index is 1010. The van der Waals surface area contributed by atoms with Gasteiger partial charge in [0.25, 0.3) is 5.91 Å². The van der Waals surface area contributed by atoms with Crippen molar-refractivity contribution in [3.63, 3.8) is 0 Å². The van der Waals surface area contributed by atoms with Crippen molar-refractivity contribution in [2.75, 3.05) is 25.5 Å². The average molecular weight is 424 g/mol.